The van der Waals surface area contributed by atoms with Crippen LogP contribution in [0.4, 0.5) is 0 Å². The molecule has 0 fully saturated rings. The van der Waals surface area contributed by atoms with Gasteiger partial charge in [0.05, 0.1) is 6.61 Å². The molecule has 0 atom stereocenters. The molecule has 5 nitrogen and oxygen atoms in total. The molecule has 0 aliphatic heterocycles. The van der Waals surface area contributed by atoms with E-state index in [4.69, 9.17) is 4.74 Å². The molecule has 1 aromatic heterocycles. The molecular weight excluding hydrogens is 349 g/mol. The Morgan fingerprint density at radius 2 is 1.92 bits per heavy atom. The zero-order valence-corrected chi connectivity index (χ0v) is 15.4. The number of hydrogen-bond acceptors (Lipinski definition) is 4. The maximum Gasteiger partial charge on any atom is 0.220 e. The molecule has 0 saturated carbocycles. The van der Waals surface area contributed by atoms with E-state index >= 15 is 0 Å². The van der Waals surface area contributed by atoms with E-state index < -0.39 is 0 Å². The number of nitrogens with one attached hydrogen (secondary N) is 2. The number of fused-ring (bicyclic) bond motifs is 1. The van der Waals surface area contributed by atoms with Crippen molar-refractivity contribution in [2.75, 3.05) is 26.7 Å². The summed E-state index contributed by atoms with van der Waals surface area (Å²) in [5, 5.41) is 7.00. The van der Waals surface area contributed by atoms with E-state index in [2.05, 4.69) is 15.6 Å². The summed E-state index contributed by atoms with van der Waals surface area (Å²) in [6, 6.07) is 9.82. The molecule has 1 aromatic carbocycles. The van der Waals surface area contributed by atoms with Gasteiger partial charge in [-0.1, -0.05) is 18.2 Å². The van der Waals surface area contributed by atoms with Crippen LogP contribution in [0.5, 0.6) is 5.75 Å². The Labute approximate surface area is 155 Å². The highest BCUT2D eigenvalue weighted by Crippen LogP contribution is 2.22. The number of nitrogens with zero attached hydrogens (tertiary/aromatic N) is 1. The lowest BCUT2D eigenvalue weighted by Gasteiger charge is -2.09. The van der Waals surface area contributed by atoms with Gasteiger partial charge in [-0.05, 0) is 38.6 Å². The van der Waals surface area contributed by atoms with Gasteiger partial charge in [0.15, 0.2) is 0 Å². The molecule has 2 aromatic rings. The Morgan fingerprint density at radius 1 is 1.12 bits per heavy atom. The highest BCUT2D eigenvalue weighted by Gasteiger charge is 2.03. The van der Waals surface area contributed by atoms with Crippen molar-refractivity contribution < 1.29 is 9.53 Å². The van der Waals surface area contributed by atoms with E-state index in [-0.39, 0.29) is 30.7 Å². The van der Waals surface area contributed by atoms with Crippen molar-refractivity contribution in [1.82, 2.24) is 15.6 Å². The first-order chi connectivity index (χ1) is 10.8. The largest absolute Gasteiger partial charge is 0.491 e. The molecule has 0 aliphatic carbocycles. The SMILES string of the molecule is CNCCCC(=O)NCCCOc1cccc2cccnc12.Cl.Cl. The number of para-hydroxylation sites is 1. The maximum atomic E-state index is 11.5. The lowest BCUT2D eigenvalue weighted by molar-refractivity contribution is -0.121. The number of carbonyl (C=O) groups is 1. The standard InChI is InChI=1S/C17H23N3O2.2ClH/c1-18-10-4-9-16(21)19-12-5-13-22-15-8-2-6-14-7-3-11-20-17(14)15;;/h2-3,6-8,11,18H,4-5,9-10,12-13H2,1H3,(H,19,21);2*1H. The lowest BCUT2D eigenvalue weighted by Crippen LogP contribution is -2.26. The minimum absolute atomic E-state index is 0. The van der Waals surface area contributed by atoms with Crippen molar-refractivity contribution in [1.29, 1.82) is 0 Å². The van der Waals surface area contributed by atoms with Gasteiger partial charge >= 0.3 is 0 Å². The van der Waals surface area contributed by atoms with E-state index in [1.807, 2.05) is 37.4 Å². The van der Waals surface area contributed by atoms with Crippen LogP contribution < -0.4 is 15.4 Å². The number of aromatic nitrogens is 1. The second-order valence-corrected chi connectivity index (χ2v) is 5.09. The van der Waals surface area contributed by atoms with Gasteiger partial charge in [-0.3, -0.25) is 9.78 Å². The van der Waals surface area contributed by atoms with Crippen LogP contribution >= 0.6 is 24.8 Å². The maximum absolute atomic E-state index is 11.5. The molecule has 134 valence electrons. The smallest absolute Gasteiger partial charge is 0.220 e. The van der Waals surface area contributed by atoms with Gasteiger partial charge in [-0.2, -0.15) is 0 Å². The molecule has 0 spiro atoms. The van der Waals surface area contributed by atoms with Crippen LogP contribution in [-0.4, -0.2) is 37.6 Å². The molecule has 0 aliphatic rings. The van der Waals surface area contributed by atoms with Gasteiger partial charge < -0.3 is 15.4 Å². The average molecular weight is 374 g/mol. The Bertz CT molecular complexity index is 606. The van der Waals surface area contributed by atoms with Crippen molar-refractivity contribution in [3.05, 3.63) is 36.5 Å². The van der Waals surface area contributed by atoms with Crippen molar-refractivity contribution in [3.63, 3.8) is 0 Å². The summed E-state index contributed by atoms with van der Waals surface area (Å²) in [6.45, 7) is 2.06. The van der Waals surface area contributed by atoms with Crippen molar-refractivity contribution in [3.8, 4) is 5.75 Å². The molecule has 1 amide bonds. The van der Waals surface area contributed by atoms with Crippen LogP contribution in [0.3, 0.4) is 0 Å². The average Bonchev–Trinajstić information content (AvgIpc) is 2.55. The second-order valence-electron chi connectivity index (χ2n) is 5.09. The molecule has 7 heteroatoms. The zero-order chi connectivity index (χ0) is 15.6. The van der Waals surface area contributed by atoms with Crippen molar-refractivity contribution >= 4 is 41.6 Å². The van der Waals surface area contributed by atoms with Crippen LogP contribution in [0, 0.1) is 0 Å². The third kappa shape index (κ3) is 7.34. The van der Waals surface area contributed by atoms with E-state index in [1.54, 1.807) is 6.20 Å². The van der Waals surface area contributed by atoms with Crippen LogP contribution in [0.1, 0.15) is 19.3 Å². The number of ether oxygens (including phenoxy) is 1. The number of carbonyl (C=O) groups excluding carboxylic acids is 1. The molecule has 2 N–H and O–H groups in total. The fourth-order valence-corrected chi connectivity index (χ4v) is 2.19. The first-order valence-corrected chi connectivity index (χ1v) is 7.69. The zero-order valence-electron chi connectivity index (χ0n) is 13.8. The second kappa shape index (κ2) is 12.8. The monoisotopic (exact) mass is 373 g/mol. The first kappa shape index (κ1) is 22.4. The molecule has 0 saturated heterocycles. The van der Waals surface area contributed by atoms with E-state index in [1.165, 1.54) is 0 Å². The highest BCUT2D eigenvalue weighted by atomic mass is 35.5. The summed E-state index contributed by atoms with van der Waals surface area (Å²) >= 11 is 0. The lowest BCUT2D eigenvalue weighted by atomic mass is 10.2. The van der Waals surface area contributed by atoms with E-state index in [0.29, 0.717) is 19.6 Å². The number of benzene rings is 1. The van der Waals surface area contributed by atoms with Crippen LogP contribution in [0.25, 0.3) is 10.9 Å². The molecule has 1 heterocycles. The number of halogens is 2. The van der Waals surface area contributed by atoms with Crippen LogP contribution in [0.15, 0.2) is 36.5 Å². The van der Waals surface area contributed by atoms with Gasteiger partial charge in [0.2, 0.25) is 5.91 Å². The summed E-state index contributed by atoms with van der Waals surface area (Å²) in [7, 11) is 1.89. The topological polar surface area (TPSA) is 63.2 Å². The van der Waals surface area contributed by atoms with E-state index in [0.717, 1.165) is 36.0 Å². The van der Waals surface area contributed by atoms with Gasteiger partial charge in [0.25, 0.3) is 0 Å². The fraction of sp³-hybridized carbons (Fsp3) is 0.412. The van der Waals surface area contributed by atoms with Crippen LogP contribution in [-0.2, 0) is 4.79 Å². The molecule has 0 bridgehead atoms. The van der Waals surface area contributed by atoms with E-state index in [9.17, 15) is 4.79 Å². The van der Waals surface area contributed by atoms with Crippen LogP contribution in [0.2, 0.25) is 0 Å². The highest BCUT2D eigenvalue weighted by molar-refractivity contribution is 5.85. The Hall–Kier alpha value is -1.56. The van der Waals surface area contributed by atoms with Gasteiger partial charge in [-0.15, -0.1) is 24.8 Å². The summed E-state index contributed by atoms with van der Waals surface area (Å²) < 4.78 is 5.78. The van der Waals surface area contributed by atoms with Gasteiger partial charge in [-0.25, -0.2) is 0 Å². The third-order valence-corrected chi connectivity index (χ3v) is 3.33. The third-order valence-electron chi connectivity index (χ3n) is 3.33. The molecular formula is C17H25Cl2N3O2. The number of hydrogen-bond donors (Lipinski definition) is 2. The Kier molecular flexibility index (Phi) is 12.0. The number of pyridine rings is 1. The minimum Gasteiger partial charge on any atom is -0.491 e. The first-order valence-electron chi connectivity index (χ1n) is 7.69. The molecule has 2 rings (SSSR count). The summed E-state index contributed by atoms with van der Waals surface area (Å²) in [4.78, 5) is 15.9. The summed E-state index contributed by atoms with van der Waals surface area (Å²) in [6.07, 6.45) is 3.97. The fourth-order valence-electron chi connectivity index (χ4n) is 2.19. The molecule has 24 heavy (non-hydrogen) atoms. The summed E-state index contributed by atoms with van der Waals surface area (Å²) in [5.74, 6) is 0.889. The quantitative estimate of drug-likeness (QED) is 0.663. The number of rotatable bonds is 9. The molecule has 0 unspecified atom stereocenters. The van der Waals surface area contributed by atoms with Gasteiger partial charge in [0, 0.05) is 24.5 Å². The molecule has 0 radical (unpaired) electrons. The van der Waals surface area contributed by atoms with Crippen molar-refractivity contribution in [2.45, 2.75) is 19.3 Å². The predicted molar refractivity (Wildman–Crippen MR) is 103 cm³/mol. The minimum atomic E-state index is 0. The van der Waals surface area contributed by atoms with Crippen molar-refractivity contribution in [2.24, 2.45) is 0 Å². The summed E-state index contributed by atoms with van der Waals surface area (Å²) in [5.41, 5.74) is 0.876. The number of amides is 1. The van der Waals surface area contributed by atoms with Gasteiger partial charge in [0.1, 0.15) is 11.3 Å². The normalized spacial score (nSPS) is 9.71. The predicted octanol–water partition coefficient (Wildman–Crippen LogP) is 2.96. The Morgan fingerprint density at radius 3 is 2.71 bits per heavy atom. The Balaban J connectivity index is 0.00000264.